The second-order valence-corrected chi connectivity index (χ2v) is 9.98. The molecule has 0 radical (unpaired) electrons. The Labute approximate surface area is 187 Å². The van der Waals surface area contributed by atoms with Gasteiger partial charge >= 0.3 is 0 Å². The first kappa shape index (κ1) is 20.9. The van der Waals surface area contributed by atoms with E-state index in [4.69, 9.17) is 4.98 Å². The lowest BCUT2D eigenvalue weighted by molar-refractivity contribution is -0.125. The largest absolute Gasteiger partial charge is 0.348 e. The standard InChI is InChI=1S/C21H21N5OS3/c1-25(2)19(27)14-28-20-24-23-18(26(20)12-15-8-4-3-5-9-15)13-29-21-22-16-10-6-7-11-17(16)30-21/h3-11H,12-14H2,1-2H3. The van der Waals surface area contributed by atoms with Crippen LogP contribution in [0.15, 0.2) is 64.1 Å². The molecule has 2 aromatic heterocycles. The van der Waals surface area contributed by atoms with Crippen LogP contribution in [0.25, 0.3) is 10.2 Å². The third-order valence-corrected chi connectivity index (χ3v) is 7.53. The SMILES string of the molecule is CN(C)C(=O)CSc1nnc(CSc2nc3ccccc3s2)n1Cc1ccccc1. The van der Waals surface area contributed by atoms with Crippen molar-refractivity contribution >= 4 is 51.0 Å². The molecule has 0 aliphatic carbocycles. The van der Waals surface area contributed by atoms with Gasteiger partial charge in [-0.25, -0.2) is 4.98 Å². The van der Waals surface area contributed by atoms with Gasteiger partial charge < -0.3 is 9.47 Å². The van der Waals surface area contributed by atoms with Crippen LogP contribution in [-0.4, -0.2) is 50.4 Å². The fourth-order valence-electron chi connectivity index (χ4n) is 2.75. The van der Waals surface area contributed by atoms with Gasteiger partial charge in [-0.2, -0.15) is 0 Å². The number of rotatable bonds is 8. The van der Waals surface area contributed by atoms with E-state index in [1.807, 2.05) is 36.4 Å². The predicted molar refractivity (Wildman–Crippen MR) is 124 cm³/mol. The van der Waals surface area contributed by atoms with Crippen molar-refractivity contribution in [1.29, 1.82) is 0 Å². The van der Waals surface area contributed by atoms with Crippen molar-refractivity contribution in [3.05, 3.63) is 66.0 Å². The van der Waals surface area contributed by atoms with Crippen LogP contribution in [0.4, 0.5) is 0 Å². The number of nitrogens with zero attached hydrogens (tertiary/aromatic N) is 5. The maximum Gasteiger partial charge on any atom is 0.232 e. The molecule has 0 bridgehead atoms. The number of carbonyl (C=O) groups is 1. The molecule has 0 saturated carbocycles. The van der Waals surface area contributed by atoms with E-state index in [2.05, 4.69) is 33.0 Å². The molecular formula is C21H21N5OS3. The highest BCUT2D eigenvalue weighted by Crippen LogP contribution is 2.32. The molecule has 4 aromatic rings. The van der Waals surface area contributed by atoms with Gasteiger partial charge in [0.15, 0.2) is 9.50 Å². The predicted octanol–water partition coefficient (Wildman–Crippen LogP) is 4.41. The zero-order valence-corrected chi connectivity index (χ0v) is 19.1. The van der Waals surface area contributed by atoms with E-state index < -0.39 is 0 Å². The molecule has 0 aliphatic rings. The Morgan fingerprint density at radius 3 is 2.57 bits per heavy atom. The number of aromatic nitrogens is 4. The van der Waals surface area contributed by atoms with E-state index in [-0.39, 0.29) is 5.91 Å². The highest BCUT2D eigenvalue weighted by Gasteiger charge is 2.16. The molecule has 2 aromatic carbocycles. The second-order valence-electron chi connectivity index (χ2n) is 6.78. The number of benzene rings is 2. The van der Waals surface area contributed by atoms with E-state index in [1.165, 1.54) is 22.0 Å². The Balaban J connectivity index is 1.53. The van der Waals surface area contributed by atoms with Gasteiger partial charge in [-0.1, -0.05) is 66.0 Å². The van der Waals surface area contributed by atoms with Gasteiger partial charge in [-0.15, -0.1) is 21.5 Å². The van der Waals surface area contributed by atoms with Crippen LogP contribution >= 0.6 is 34.9 Å². The van der Waals surface area contributed by atoms with Gasteiger partial charge in [-0.05, 0) is 17.7 Å². The van der Waals surface area contributed by atoms with Crippen molar-refractivity contribution < 1.29 is 4.79 Å². The first-order valence-electron chi connectivity index (χ1n) is 9.37. The number of hydrogen-bond donors (Lipinski definition) is 0. The van der Waals surface area contributed by atoms with Gasteiger partial charge in [-0.3, -0.25) is 4.79 Å². The Morgan fingerprint density at radius 2 is 1.80 bits per heavy atom. The van der Waals surface area contributed by atoms with E-state index >= 15 is 0 Å². The Hall–Kier alpha value is -2.36. The molecule has 4 rings (SSSR count). The molecular weight excluding hydrogens is 434 g/mol. The molecule has 2 heterocycles. The van der Waals surface area contributed by atoms with E-state index in [1.54, 1.807) is 42.1 Å². The van der Waals surface area contributed by atoms with Crippen LogP contribution in [0.2, 0.25) is 0 Å². The molecule has 0 unspecified atom stereocenters. The fourth-order valence-corrected chi connectivity index (χ4v) is 5.69. The van der Waals surface area contributed by atoms with Gasteiger partial charge in [0.1, 0.15) is 5.82 Å². The Morgan fingerprint density at radius 1 is 1.03 bits per heavy atom. The van der Waals surface area contributed by atoms with Crippen molar-refractivity contribution in [3.63, 3.8) is 0 Å². The normalized spacial score (nSPS) is 11.1. The van der Waals surface area contributed by atoms with Crippen molar-refractivity contribution in [2.75, 3.05) is 19.8 Å². The summed E-state index contributed by atoms with van der Waals surface area (Å²) in [6.07, 6.45) is 0. The summed E-state index contributed by atoms with van der Waals surface area (Å²) in [6.45, 7) is 0.669. The number of hydrogen-bond acceptors (Lipinski definition) is 7. The summed E-state index contributed by atoms with van der Waals surface area (Å²) >= 11 is 4.78. The number of carbonyl (C=O) groups excluding carboxylic acids is 1. The van der Waals surface area contributed by atoms with Crippen molar-refractivity contribution in [1.82, 2.24) is 24.6 Å². The molecule has 0 spiro atoms. The highest BCUT2D eigenvalue weighted by molar-refractivity contribution is 8.00. The zero-order valence-electron chi connectivity index (χ0n) is 16.7. The maximum atomic E-state index is 12.0. The molecule has 9 heteroatoms. The number of amides is 1. The molecule has 30 heavy (non-hydrogen) atoms. The molecule has 0 saturated heterocycles. The number of thioether (sulfide) groups is 2. The quantitative estimate of drug-likeness (QED) is 0.367. The van der Waals surface area contributed by atoms with Gasteiger partial charge in [0.25, 0.3) is 0 Å². The monoisotopic (exact) mass is 455 g/mol. The first-order valence-corrected chi connectivity index (χ1v) is 12.2. The zero-order chi connectivity index (χ0) is 20.9. The smallest absolute Gasteiger partial charge is 0.232 e. The first-order chi connectivity index (χ1) is 14.6. The van der Waals surface area contributed by atoms with E-state index in [0.717, 1.165) is 20.8 Å². The highest BCUT2D eigenvalue weighted by atomic mass is 32.2. The summed E-state index contributed by atoms with van der Waals surface area (Å²) in [4.78, 5) is 18.3. The number of fused-ring (bicyclic) bond motifs is 1. The van der Waals surface area contributed by atoms with Crippen LogP contribution in [0.5, 0.6) is 0 Å². The van der Waals surface area contributed by atoms with Crippen molar-refractivity contribution in [3.8, 4) is 0 Å². The average Bonchev–Trinajstić information content (AvgIpc) is 3.34. The Bertz CT molecular complexity index is 1110. The molecule has 6 nitrogen and oxygen atoms in total. The summed E-state index contributed by atoms with van der Waals surface area (Å²) in [7, 11) is 3.52. The molecule has 1 amide bonds. The van der Waals surface area contributed by atoms with Gasteiger partial charge in [0.2, 0.25) is 5.91 Å². The molecule has 0 aliphatic heterocycles. The minimum atomic E-state index is 0.0552. The van der Waals surface area contributed by atoms with Crippen LogP contribution in [-0.2, 0) is 17.1 Å². The topological polar surface area (TPSA) is 63.9 Å². The number of para-hydroxylation sites is 1. The van der Waals surface area contributed by atoms with Gasteiger partial charge in [0, 0.05) is 14.1 Å². The molecule has 154 valence electrons. The van der Waals surface area contributed by atoms with Crippen LogP contribution in [0, 0.1) is 0 Å². The van der Waals surface area contributed by atoms with Gasteiger partial charge in [0.05, 0.1) is 28.3 Å². The van der Waals surface area contributed by atoms with Crippen LogP contribution < -0.4 is 0 Å². The summed E-state index contributed by atoms with van der Waals surface area (Å²) < 4.78 is 4.30. The third kappa shape index (κ3) is 5.03. The molecule has 0 fully saturated rings. The maximum absolute atomic E-state index is 12.0. The minimum Gasteiger partial charge on any atom is -0.348 e. The third-order valence-electron chi connectivity index (χ3n) is 4.40. The lowest BCUT2D eigenvalue weighted by atomic mass is 10.2. The Kier molecular flexibility index (Phi) is 6.71. The molecule has 0 N–H and O–H groups in total. The summed E-state index contributed by atoms with van der Waals surface area (Å²) in [5.41, 5.74) is 2.19. The summed E-state index contributed by atoms with van der Waals surface area (Å²) in [6, 6.07) is 18.4. The van der Waals surface area contributed by atoms with E-state index in [9.17, 15) is 4.79 Å². The average molecular weight is 456 g/mol. The van der Waals surface area contributed by atoms with Crippen LogP contribution in [0.3, 0.4) is 0 Å². The summed E-state index contributed by atoms with van der Waals surface area (Å²) in [5, 5.41) is 9.56. The fraction of sp³-hybridized carbons (Fsp3) is 0.238. The lowest BCUT2D eigenvalue weighted by Crippen LogP contribution is -2.23. The minimum absolute atomic E-state index is 0.0552. The lowest BCUT2D eigenvalue weighted by Gasteiger charge is -2.12. The summed E-state index contributed by atoms with van der Waals surface area (Å²) in [5.74, 6) is 1.94. The van der Waals surface area contributed by atoms with Crippen molar-refractivity contribution in [2.45, 2.75) is 21.8 Å². The molecule has 0 atom stereocenters. The van der Waals surface area contributed by atoms with E-state index in [0.29, 0.717) is 18.1 Å². The van der Waals surface area contributed by atoms with Crippen molar-refractivity contribution in [2.24, 2.45) is 0 Å². The van der Waals surface area contributed by atoms with Crippen LogP contribution in [0.1, 0.15) is 11.4 Å². The second kappa shape index (κ2) is 9.63. The number of thiazole rings is 1.